The van der Waals surface area contributed by atoms with E-state index in [0.717, 1.165) is 28.2 Å². The molecule has 1 aromatic carbocycles. The van der Waals surface area contributed by atoms with E-state index in [1.807, 2.05) is 31.2 Å². The lowest BCUT2D eigenvalue weighted by Gasteiger charge is -2.03. The zero-order chi connectivity index (χ0) is 16.9. The second-order valence-corrected chi connectivity index (χ2v) is 6.72. The van der Waals surface area contributed by atoms with Crippen LogP contribution in [0.5, 0.6) is 5.75 Å². The molecule has 0 aliphatic carbocycles. The number of benzene rings is 1. The molecule has 2 aromatic heterocycles. The van der Waals surface area contributed by atoms with E-state index in [-0.39, 0.29) is 11.6 Å². The first kappa shape index (κ1) is 16.5. The Labute approximate surface area is 145 Å². The van der Waals surface area contributed by atoms with Crippen LogP contribution in [0.2, 0.25) is 0 Å². The first-order valence-electron chi connectivity index (χ1n) is 6.96. The highest BCUT2D eigenvalue weighted by Crippen LogP contribution is 2.28. The van der Waals surface area contributed by atoms with Crippen LogP contribution in [0.3, 0.4) is 0 Å². The average Bonchev–Trinajstić information content (AvgIpc) is 3.20. The predicted octanol–water partition coefficient (Wildman–Crippen LogP) is 4.22. The van der Waals surface area contributed by atoms with Crippen LogP contribution in [0.15, 0.2) is 45.4 Å². The molecule has 3 rings (SSSR count). The van der Waals surface area contributed by atoms with Gasteiger partial charge < -0.3 is 9.15 Å². The molecular formula is C15H13N3O4S2. The maximum atomic E-state index is 10.7. The van der Waals surface area contributed by atoms with Crippen LogP contribution in [0, 0.1) is 17.0 Å². The van der Waals surface area contributed by atoms with Gasteiger partial charge in [-0.25, -0.2) is 0 Å². The molecule has 0 saturated carbocycles. The molecule has 0 aliphatic rings. The summed E-state index contributed by atoms with van der Waals surface area (Å²) in [6, 6.07) is 9.25. The van der Waals surface area contributed by atoms with Gasteiger partial charge in [0.25, 0.3) is 11.1 Å². The van der Waals surface area contributed by atoms with Crippen molar-refractivity contribution >= 4 is 28.1 Å². The lowest BCUT2D eigenvalue weighted by molar-refractivity contribution is -0.380. The van der Waals surface area contributed by atoms with Crippen molar-refractivity contribution in [1.29, 1.82) is 0 Å². The summed E-state index contributed by atoms with van der Waals surface area (Å²) in [4.78, 5) is 10.3. The summed E-state index contributed by atoms with van der Waals surface area (Å²) < 4.78 is 11.1. The number of hydrogen-bond acceptors (Lipinski definition) is 8. The van der Waals surface area contributed by atoms with Crippen LogP contribution >= 0.6 is 23.1 Å². The Hall–Kier alpha value is -2.39. The van der Waals surface area contributed by atoms with Gasteiger partial charge in [-0.3, -0.25) is 10.1 Å². The van der Waals surface area contributed by atoms with Crippen LogP contribution in [0.1, 0.15) is 17.0 Å². The maximum Gasteiger partial charge on any atom is 0.324 e. The van der Waals surface area contributed by atoms with E-state index in [1.54, 1.807) is 11.4 Å². The van der Waals surface area contributed by atoms with E-state index in [4.69, 9.17) is 9.15 Å². The molecule has 0 aliphatic heterocycles. The SMILES string of the molecule is Cc1cccc(OCc2nnc(SCc3csc([N+](=O)[O-])c3)o2)c1. The van der Waals surface area contributed by atoms with E-state index in [0.29, 0.717) is 16.9 Å². The Morgan fingerprint density at radius 1 is 1.38 bits per heavy atom. The number of aryl methyl sites for hydroxylation is 1. The van der Waals surface area contributed by atoms with Gasteiger partial charge in [-0.1, -0.05) is 35.2 Å². The van der Waals surface area contributed by atoms with Crippen LogP contribution < -0.4 is 4.74 Å². The molecule has 0 N–H and O–H groups in total. The third-order valence-electron chi connectivity index (χ3n) is 2.98. The fraction of sp³-hybridized carbons (Fsp3) is 0.200. The van der Waals surface area contributed by atoms with Crippen molar-refractivity contribution in [3.05, 3.63) is 62.8 Å². The molecule has 24 heavy (non-hydrogen) atoms. The molecule has 0 unspecified atom stereocenters. The van der Waals surface area contributed by atoms with E-state index in [9.17, 15) is 10.1 Å². The summed E-state index contributed by atoms with van der Waals surface area (Å²) in [5, 5.41) is 20.8. The van der Waals surface area contributed by atoms with E-state index in [2.05, 4.69) is 10.2 Å². The molecule has 0 amide bonds. The molecule has 0 bridgehead atoms. The van der Waals surface area contributed by atoms with E-state index < -0.39 is 4.92 Å². The van der Waals surface area contributed by atoms with Gasteiger partial charge in [-0.2, -0.15) is 0 Å². The van der Waals surface area contributed by atoms with Gasteiger partial charge in [0.1, 0.15) is 5.75 Å². The molecule has 0 saturated heterocycles. The van der Waals surface area contributed by atoms with Gasteiger partial charge in [0.2, 0.25) is 0 Å². The van der Waals surface area contributed by atoms with Crippen molar-refractivity contribution in [2.24, 2.45) is 0 Å². The highest BCUT2D eigenvalue weighted by molar-refractivity contribution is 7.98. The van der Waals surface area contributed by atoms with Gasteiger partial charge >= 0.3 is 5.00 Å². The van der Waals surface area contributed by atoms with Gasteiger partial charge in [0, 0.05) is 17.2 Å². The number of aromatic nitrogens is 2. The Bertz CT molecular complexity index is 847. The van der Waals surface area contributed by atoms with Crippen molar-refractivity contribution in [3.63, 3.8) is 0 Å². The summed E-state index contributed by atoms with van der Waals surface area (Å²) in [7, 11) is 0. The number of nitrogens with zero attached hydrogens (tertiary/aromatic N) is 3. The van der Waals surface area contributed by atoms with Gasteiger partial charge in [0.05, 0.1) is 4.92 Å². The fourth-order valence-electron chi connectivity index (χ4n) is 1.88. The summed E-state index contributed by atoms with van der Waals surface area (Å²) in [6.07, 6.45) is 0. The first-order chi connectivity index (χ1) is 11.6. The first-order valence-corrected chi connectivity index (χ1v) is 8.83. The zero-order valence-electron chi connectivity index (χ0n) is 12.7. The Morgan fingerprint density at radius 3 is 3.00 bits per heavy atom. The van der Waals surface area contributed by atoms with Crippen molar-refractivity contribution < 1.29 is 14.1 Å². The van der Waals surface area contributed by atoms with E-state index >= 15 is 0 Å². The maximum absolute atomic E-state index is 10.7. The third-order valence-corrected chi connectivity index (χ3v) is 4.80. The fourth-order valence-corrected chi connectivity index (χ4v) is 3.43. The standard InChI is InChI=1S/C15H13N3O4S2/c1-10-3-2-4-12(5-10)21-7-13-16-17-15(22-13)24-9-11-6-14(18(19)20)23-8-11/h2-6,8H,7,9H2,1H3. The lowest BCUT2D eigenvalue weighted by Crippen LogP contribution is -1.95. The zero-order valence-corrected chi connectivity index (χ0v) is 14.3. The largest absolute Gasteiger partial charge is 0.484 e. The second kappa shape index (κ2) is 7.45. The van der Waals surface area contributed by atoms with Crippen LogP contribution in [-0.4, -0.2) is 15.1 Å². The quantitative estimate of drug-likeness (QED) is 0.352. The van der Waals surface area contributed by atoms with Gasteiger partial charge in [0.15, 0.2) is 6.61 Å². The van der Waals surface area contributed by atoms with Crippen LogP contribution in [0.4, 0.5) is 5.00 Å². The molecule has 0 fully saturated rings. The average molecular weight is 363 g/mol. The van der Waals surface area contributed by atoms with Crippen molar-refractivity contribution in [1.82, 2.24) is 10.2 Å². The topological polar surface area (TPSA) is 91.3 Å². The molecule has 0 radical (unpaired) electrons. The van der Waals surface area contributed by atoms with Crippen molar-refractivity contribution in [2.75, 3.05) is 0 Å². The van der Waals surface area contributed by atoms with Crippen LogP contribution in [-0.2, 0) is 12.4 Å². The van der Waals surface area contributed by atoms with Crippen LogP contribution in [0.25, 0.3) is 0 Å². The monoisotopic (exact) mass is 363 g/mol. The minimum atomic E-state index is -0.397. The van der Waals surface area contributed by atoms with Gasteiger partial charge in [-0.05, 0) is 30.2 Å². The highest BCUT2D eigenvalue weighted by Gasteiger charge is 2.12. The normalized spacial score (nSPS) is 10.7. The summed E-state index contributed by atoms with van der Waals surface area (Å²) >= 11 is 2.44. The highest BCUT2D eigenvalue weighted by atomic mass is 32.2. The molecule has 3 aromatic rings. The number of ether oxygens (including phenoxy) is 1. The molecule has 9 heteroatoms. The lowest BCUT2D eigenvalue weighted by atomic mass is 10.2. The molecule has 124 valence electrons. The summed E-state index contributed by atoms with van der Waals surface area (Å²) in [6.45, 7) is 2.18. The van der Waals surface area contributed by atoms with Crippen molar-refractivity contribution in [2.45, 2.75) is 24.5 Å². The predicted molar refractivity (Wildman–Crippen MR) is 90.3 cm³/mol. The van der Waals surface area contributed by atoms with Crippen molar-refractivity contribution in [3.8, 4) is 5.75 Å². The molecular weight excluding hydrogens is 350 g/mol. The number of thioether (sulfide) groups is 1. The summed E-state index contributed by atoms with van der Waals surface area (Å²) in [5.74, 6) is 1.66. The molecule has 7 nitrogen and oxygen atoms in total. The third kappa shape index (κ3) is 4.33. The van der Waals surface area contributed by atoms with Gasteiger partial charge in [-0.15, -0.1) is 10.2 Å². The Morgan fingerprint density at radius 2 is 2.25 bits per heavy atom. The smallest absolute Gasteiger partial charge is 0.324 e. The number of rotatable bonds is 7. The summed E-state index contributed by atoms with van der Waals surface area (Å²) in [5.41, 5.74) is 1.96. The molecule has 2 heterocycles. The minimum Gasteiger partial charge on any atom is -0.484 e. The number of nitro groups is 1. The number of hydrogen-bond donors (Lipinski definition) is 0. The minimum absolute atomic E-state index is 0.128. The molecule has 0 atom stereocenters. The Kier molecular flexibility index (Phi) is 5.11. The second-order valence-electron chi connectivity index (χ2n) is 4.91. The number of thiophene rings is 1. The Balaban J connectivity index is 1.52. The molecule has 0 spiro atoms. The van der Waals surface area contributed by atoms with E-state index in [1.165, 1.54) is 11.8 Å².